The average molecular weight is 297 g/mol. The molecule has 0 saturated heterocycles. The number of benzene rings is 1. The molecule has 6 nitrogen and oxygen atoms in total. The summed E-state index contributed by atoms with van der Waals surface area (Å²) in [4.78, 5) is 24.6. The molecule has 0 atom stereocenters. The van der Waals surface area contributed by atoms with Crippen LogP contribution in [0.3, 0.4) is 0 Å². The van der Waals surface area contributed by atoms with Crippen LogP contribution in [0.4, 0.5) is 4.79 Å². The summed E-state index contributed by atoms with van der Waals surface area (Å²) in [5.41, 5.74) is 0.839. The molecule has 0 spiro atoms. The number of carbonyl (C=O) groups is 2. The number of hydrogen-bond acceptors (Lipinski definition) is 4. The minimum Gasteiger partial charge on any atom is -0.461 e. The van der Waals surface area contributed by atoms with E-state index in [1.165, 1.54) is 13.3 Å². The first-order valence-corrected chi connectivity index (χ1v) is 6.20. The minimum atomic E-state index is -0.564. The van der Waals surface area contributed by atoms with Crippen LogP contribution in [-0.4, -0.2) is 30.7 Å². The molecule has 1 heterocycles. The number of imide groups is 1. The number of likely N-dealkylation sites (N-methyl/N-ethyl adjacent to an activating group) is 1. The molecule has 106 valence electrons. The highest BCUT2D eigenvalue weighted by Gasteiger charge is 2.24. The highest BCUT2D eigenvalue weighted by Crippen LogP contribution is 2.11. The Morgan fingerprint density at radius 1 is 1.45 bits per heavy atom. The normalized spacial score (nSPS) is 13.0. The molecule has 1 aliphatic heterocycles. The summed E-state index contributed by atoms with van der Waals surface area (Å²) in [6.45, 7) is 0.256. The monoisotopic (exact) mass is 296 g/mol. The van der Waals surface area contributed by atoms with Gasteiger partial charge < -0.3 is 14.8 Å². The number of hydrogen-bond donors (Lipinski definition) is 1. The van der Waals surface area contributed by atoms with Crippen LogP contribution in [0.2, 0.25) is 5.02 Å². The van der Waals surface area contributed by atoms with Gasteiger partial charge in [-0.1, -0.05) is 23.7 Å². The van der Waals surface area contributed by atoms with Crippen LogP contribution in [0, 0.1) is 0 Å². The molecule has 0 bridgehead atoms. The SMILES string of the molecule is CN(C(=O)NCc1cccc(Cl)c1)C(=O)C1=COCO1. The molecule has 1 aliphatic rings. The molecule has 2 rings (SSSR count). The molecule has 1 aromatic carbocycles. The minimum absolute atomic E-state index is 0.00501. The van der Waals surface area contributed by atoms with Crippen molar-refractivity contribution < 1.29 is 19.1 Å². The van der Waals surface area contributed by atoms with Gasteiger partial charge in [0.15, 0.2) is 0 Å². The summed E-state index contributed by atoms with van der Waals surface area (Å²) in [6, 6.07) is 6.55. The van der Waals surface area contributed by atoms with Gasteiger partial charge in [-0.05, 0) is 17.7 Å². The highest BCUT2D eigenvalue weighted by atomic mass is 35.5. The second-order valence-electron chi connectivity index (χ2n) is 4.06. The third kappa shape index (κ3) is 3.42. The lowest BCUT2D eigenvalue weighted by atomic mass is 10.2. The van der Waals surface area contributed by atoms with E-state index in [2.05, 4.69) is 5.32 Å². The van der Waals surface area contributed by atoms with E-state index in [1.807, 2.05) is 6.07 Å². The second-order valence-corrected chi connectivity index (χ2v) is 4.50. The Hall–Kier alpha value is -2.21. The molecule has 0 radical (unpaired) electrons. The molecular weight excluding hydrogens is 284 g/mol. The van der Waals surface area contributed by atoms with Gasteiger partial charge >= 0.3 is 6.03 Å². The maximum absolute atomic E-state index is 11.8. The Morgan fingerprint density at radius 3 is 2.90 bits per heavy atom. The van der Waals surface area contributed by atoms with E-state index in [0.29, 0.717) is 5.02 Å². The van der Waals surface area contributed by atoms with E-state index in [1.54, 1.807) is 18.2 Å². The van der Waals surface area contributed by atoms with Crippen molar-refractivity contribution in [2.24, 2.45) is 0 Å². The van der Waals surface area contributed by atoms with Crippen molar-refractivity contribution in [1.29, 1.82) is 0 Å². The Labute approximate surface area is 120 Å². The molecule has 1 aromatic rings. The van der Waals surface area contributed by atoms with Gasteiger partial charge in [0, 0.05) is 18.6 Å². The molecule has 1 N–H and O–H groups in total. The summed E-state index contributed by atoms with van der Waals surface area (Å²) < 4.78 is 9.69. The van der Waals surface area contributed by atoms with Gasteiger partial charge in [0.25, 0.3) is 5.91 Å². The number of ether oxygens (including phenoxy) is 2. The van der Waals surface area contributed by atoms with Crippen molar-refractivity contribution >= 4 is 23.5 Å². The quantitative estimate of drug-likeness (QED) is 0.924. The molecule has 7 heteroatoms. The van der Waals surface area contributed by atoms with Crippen LogP contribution in [0.15, 0.2) is 36.3 Å². The standard InChI is InChI=1S/C13H13ClN2O4/c1-16(12(17)11-7-19-8-20-11)13(18)15-6-9-3-2-4-10(14)5-9/h2-5,7H,6,8H2,1H3,(H,15,18). The first-order chi connectivity index (χ1) is 9.58. The summed E-state index contributed by atoms with van der Waals surface area (Å²) in [5, 5.41) is 3.20. The molecule has 0 aliphatic carbocycles. The van der Waals surface area contributed by atoms with Crippen molar-refractivity contribution in [3.8, 4) is 0 Å². The largest absolute Gasteiger partial charge is 0.461 e. The first-order valence-electron chi connectivity index (χ1n) is 5.83. The lowest BCUT2D eigenvalue weighted by Crippen LogP contribution is -2.41. The molecule has 3 amide bonds. The summed E-state index contributed by atoms with van der Waals surface area (Å²) in [5.74, 6) is -0.559. The van der Waals surface area contributed by atoms with Crippen LogP contribution in [-0.2, 0) is 20.8 Å². The van der Waals surface area contributed by atoms with E-state index < -0.39 is 11.9 Å². The van der Waals surface area contributed by atoms with E-state index in [-0.39, 0.29) is 19.1 Å². The number of amides is 3. The third-order valence-corrected chi connectivity index (χ3v) is 2.86. The summed E-state index contributed by atoms with van der Waals surface area (Å²) in [6.07, 6.45) is 1.18. The Bertz CT molecular complexity index is 559. The maximum Gasteiger partial charge on any atom is 0.324 e. The van der Waals surface area contributed by atoms with Gasteiger partial charge in [-0.15, -0.1) is 0 Å². The Morgan fingerprint density at radius 2 is 2.25 bits per heavy atom. The predicted octanol–water partition coefficient (Wildman–Crippen LogP) is 1.85. The van der Waals surface area contributed by atoms with Gasteiger partial charge in [-0.2, -0.15) is 0 Å². The van der Waals surface area contributed by atoms with Gasteiger partial charge in [-0.3, -0.25) is 9.69 Å². The summed E-state index contributed by atoms with van der Waals surface area (Å²) in [7, 11) is 1.36. The van der Waals surface area contributed by atoms with Crippen LogP contribution in [0.1, 0.15) is 5.56 Å². The zero-order valence-corrected chi connectivity index (χ0v) is 11.5. The smallest absolute Gasteiger partial charge is 0.324 e. The van der Waals surface area contributed by atoms with E-state index in [9.17, 15) is 9.59 Å². The fourth-order valence-corrected chi connectivity index (χ4v) is 1.77. The number of nitrogens with one attached hydrogen (secondary N) is 1. The highest BCUT2D eigenvalue weighted by molar-refractivity contribution is 6.30. The Balaban J connectivity index is 1.89. The maximum atomic E-state index is 11.8. The number of urea groups is 1. The fraction of sp³-hybridized carbons (Fsp3) is 0.231. The van der Waals surface area contributed by atoms with E-state index in [0.717, 1.165) is 10.5 Å². The zero-order valence-electron chi connectivity index (χ0n) is 10.8. The second kappa shape index (κ2) is 6.29. The van der Waals surface area contributed by atoms with Gasteiger partial charge in [0.05, 0.1) is 0 Å². The van der Waals surface area contributed by atoms with Crippen molar-refractivity contribution in [3.63, 3.8) is 0 Å². The zero-order chi connectivity index (χ0) is 14.5. The predicted molar refractivity (Wildman–Crippen MR) is 71.6 cm³/mol. The molecule has 0 saturated carbocycles. The topological polar surface area (TPSA) is 67.9 Å². The number of nitrogens with zero attached hydrogens (tertiary/aromatic N) is 1. The molecule has 0 fully saturated rings. The van der Waals surface area contributed by atoms with Crippen molar-refractivity contribution in [3.05, 3.63) is 46.9 Å². The van der Waals surface area contributed by atoms with Crippen molar-refractivity contribution in [2.75, 3.05) is 13.8 Å². The molecule has 0 unspecified atom stereocenters. The van der Waals surface area contributed by atoms with Crippen LogP contribution in [0.25, 0.3) is 0 Å². The fourth-order valence-electron chi connectivity index (χ4n) is 1.55. The van der Waals surface area contributed by atoms with Crippen molar-refractivity contribution in [1.82, 2.24) is 10.2 Å². The van der Waals surface area contributed by atoms with E-state index in [4.69, 9.17) is 21.1 Å². The molecule has 0 aromatic heterocycles. The molecule has 20 heavy (non-hydrogen) atoms. The average Bonchev–Trinajstić information content (AvgIpc) is 2.97. The number of carbonyl (C=O) groups excluding carboxylic acids is 2. The summed E-state index contributed by atoms with van der Waals surface area (Å²) >= 11 is 5.84. The van der Waals surface area contributed by atoms with Crippen LogP contribution in [0.5, 0.6) is 0 Å². The van der Waals surface area contributed by atoms with E-state index >= 15 is 0 Å². The van der Waals surface area contributed by atoms with Crippen LogP contribution >= 0.6 is 11.6 Å². The van der Waals surface area contributed by atoms with Gasteiger partial charge in [-0.25, -0.2) is 4.79 Å². The number of rotatable bonds is 3. The lowest BCUT2D eigenvalue weighted by Gasteiger charge is -2.15. The Kier molecular flexibility index (Phi) is 4.47. The number of halogens is 1. The van der Waals surface area contributed by atoms with Crippen LogP contribution < -0.4 is 5.32 Å². The first kappa shape index (κ1) is 14.2. The van der Waals surface area contributed by atoms with Crippen molar-refractivity contribution in [2.45, 2.75) is 6.54 Å². The van der Waals surface area contributed by atoms with Gasteiger partial charge in [0.2, 0.25) is 12.6 Å². The molecular formula is C13H13ClN2O4. The lowest BCUT2D eigenvalue weighted by molar-refractivity contribution is -0.127. The van der Waals surface area contributed by atoms with Gasteiger partial charge in [0.1, 0.15) is 6.26 Å². The third-order valence-electron chi connectivity index (χ3n) is 2.63.